The van der Waals surface area contributed by atoms with Crippen LogP contribution < -0.4 is 9.80 Å². The van der Waals surface area contributed by atoms with E-state index in [1.165, 1.54) is 67.2 Å². The van der Waals surface area contributed by atoms with E-state index in [4.69, 9.17) is 0 Å². The first-order valence-corrected chi connectivity index (χ1v) is 19.6. The Morgan fingerprint density at radius 2 is 0.981 bits per heavy atom. The number of para-hydroxylation sites is 4. The minimum absolute atomic E-state index is 0.0111. The van der Waals surface area contributed by atoms with Crippen LogP contribution in [0, 0.1) is 5.92 Å². The van der Waals surface area contributed by atoms with Gasteiger partial charge in [0.25, 0.3) is 0 Å². The molecule has 2 heteroatoms. The van der Waals surface area contributed by atoms with Gasteiger partial charge in [-0.1, -0.05) is 142 Å². The smallest absolute Gasteiger partial charge is 0.0543 e. The summed E-state index contributed by atoms with van der Waals surface area (Å²) in [4.78, 5) is 4.86. The van der Waals surface area contributed by atoms with E-state index in [-0.39, 0.29) is 10.8 Å². The Bertz CT molecular complexity index is 2450. The number of nitrogens with zero attached hydrogens (tertiary/aromatic N) is 2. The van der Waals surface area contributed by atoms with Crippen LogP contribution in [0.4, 0.5) is 34.1 Å². The molecule has 54 heavy (non-hydrogen) atoms. The molecule has 2 nitrogen and oxygen atoms in total. The molecule has 3 aliphatic rings. The summed E-state index contributed by atoms with van der Waals surface area (Å²) in [5.41, 5.74) is 14.7. The molecule has 7 aromatic rings. The summed E-state index contributed by atoms with van der Waals surface area (Å²) in [6, 6.07) is 62.3. The van der Waals surface area contributed by atoms with E-state index in [0.29, 0.717) is 17.8 Å². The van der Waals surface area contributed by atoms with Crippen molar-refractivity contribution in [3.63, 3.8) is 0 Å². The maximum Gasteiger partial charge on any atom is 0.0543 e. The minimum atomic E-state index is -0.104. The lowest BCUT2D eigenvalue weighted by Gasteiger charge is -2.39. The Hall–Kier alpha value is -5.86. The lowest BCUT2D eigenvalue weighted by molar-refractivity contribution is 0.280. The predicted molar refractivity (Wildman–Crippen MR) is 227 cm³/mol. The van der Waals surface area contributed by atoms with Crippen LogP contribution in [-0.4, -0.2) is 0 Å². The first kappa shape index (κ1) is 32.8. The summed E-state index contributed by atoms with van der Waals surface area (Å²) in [6.45, 7) is 9.98. The first-order valence-electron chi connectivity index (χ1n) is 19.6. The molecular formula is C52H46N2. The van der Waals surface area contributed by atoms with Gasteiger partial charge in [0, 0.05) is 51.1 Å². The quantitative estimate of drug-likeness (QED) is 0.160. The fourth-order valence-electron chi connectivity index (χ4n) is 10.4. The van der Waals surface area contributed by atoms with Crippen molar-refractivity contribution < 1.29 is 0 Å². The summed E-state index contributed by atoms with van der Waals surface area (Å²) in [6.07, 6.45) is 3.87. The van der Waals surface area contributed by atoms with Gasteiger partial charge >= 0.3 is 0 Å². The second kappa shape index (κ2) is 12.4. The largest absolute Gasteiger partial charge is 0.310 e. The molecule has 0 heterocycles. The number of hydrogen-bond donors (Lipinski definition) is 0. The molecule has 7 aromatic carbocycles. The number of fused-ring (bicyclic) bond motifs is 8. The zero-order valence-electron chi connectivity index (χ0n) is 31.6. The van der Waals surface area contributed by atoms with Gasteiger partial charge in [0.15, 0.2) is 0 Å². The lowest BCUT2D eigenvalue weighted by atomic mass is 9.65. The van der Waals surface area contributed by atoms with Gasteiger partial charge in [0.05, 0.1) is 5.69 Å². The van der Waals surface area contributed by atoms with Crippen LogP contribution in [0.1, 0.15) is 68.2 Å². The Labute approximate surface area is 320 Å². The third kappa shape index (κ3) is 4.93. The SMILES string of the molecule is CC1(C)C2=CC3c4ccc(N(c5ccccc5)c5ccccc5)cc4C(C)(C)C3CC2c2c1cc(N(c1ccccc1)c1ccccc1)c1ccccc21. The standard InChI is InChI=1S/C52H46N2/c1-51(2)45-31-39(53(35-19-9-5-10-20-35)36-21-11-6-12-22-36)29-30-40(45)43-32-47-44(33-46(43)51)50-42-28-18-17-27-41(42)49(34-48(50)52(47,3)4)54(37-23-13-7-14-24-37)38-25-15-8-16-26-38/h5-32,34,43-44,46H,33H2,1-4H3. The van der Waals surface area contributed by atoms with E-state index in [2.05, 4.69) is 213 Å². The summed E-state index contributed by atoms with van der Waals surface area (Å²) in [5, 5.41) is 2.70. The fraction of sp³-hybridized carbons (Fsp3) is 0.192. The molecule has 0 aromatic heterocycles. The molecule has 264 valence electrons. The molecule has 3 aliphatic carbocycles. The van der Waals surface area contributed by atoms with Crippen molar-refractivity contribution in [3.05, 3.63) is 204 Å². The van der Waals surface area contributed by atoms with Gasteiger partial charge in [-0.2, -0.15) is 0 Å². The molecule has 0 saturated heterocycles. The summed E-state index contributed by atoms with van der Waals surface area (Å²) < 4.78 is 0. The van der Waals surface area contributed by atoms with Crippen LogP contribution in [-0.2, 0) is 10.8 Å². The molecule has 3 atom stereocenters. The van der Waals surface area contributed by atoms with Crippen LogP contribution in [0.2, 0.25) is 0 Å². The summed E-state index contributed by atoms with van der Waals surface area (Å²) >= 11 is 0. The number of allylic oxidation sites excluding steroid dienone is 2. The Kier molecular flexibility index (Phi) is 7.49. The lowest BCUT2D eigenvalue weighted by Crippen LogP contribution is -2.31. The van der Waals surface area contributed by atoms with E-state index in [9.17, 15) is 0 Å². The van der Waals surface area contributed by atoms with Crippen molar-refractivity contribution in [1.82, 2.24) is 0 Å². The number of anilines is 6. The maximum atomic E-state index is 2.72. The van der Waals surface area contributed by atoms with E-state index >= 15 is 0 Å². The topological polar surface area (TPSA) is 6.48 Å². The zero-order chi connectivity index (χ0) is 36.6. The highest BCUT2D eigenvalue weighted by molar-refractivity contribution is 6.03. The second-order valence-electron chi connectivity index (χ2n) is 16.6. The summed E-state index contributed by atoms with van der Waals surface area (Å²) in [5.74, 6) is 1.28. The van der Waals surface area contributed by atoms with Crippen molar-refractivity contribution in [2.24, 2.45) is 5.92 Å². The Morgan fingerprint density at radius 3 is 1.54 bits per heavy atom. The Balaban J connectivity index is 1.11. The van der Waals surface area contributed by atoms with Gasteiger partial charge in [-0.25, -0.2) is 0 Å². The molecule has 0 fully saturated rings. The van der Waals surface area contributed by atoms with Crippen molar-refractivity contribution in [1.29, 1.82) is 0 Å². The summed E-state index contributed by atoms with van der Waals surface area (Å²) in [7, 11) is 0. The average Bonchev–Trinajstić information content (AvgIpc) is 3.57. The molecule has 0 bridgehead atoms. The normalized spacial score (nSPS) is 20.0. The highest BCUT2D eigenvalue weighted by atomic mass is 15.1. The van der Waals surface area contributed by atoms with Gasteiger partial charge in [0.1, 0.15) is 0 Å². The first-order chi connectivity index (χ1) is 26.3. The van der Waals surface area contributed by atoms with Gasteiger partial charge in [-0.15, -0.1) is 0 Å². The molecule has 0 saturated carbocycles. The molecule has 0 aliphatic heterocycles. The third-order valence-electron chi connectivity index (χ3n) is 13.0. The monoisotopic (exact) mass is 698 g/mol. The van der Waals surface area contributed by atoms with Gasteiger partial charge in [0.2, 0.25) is 0 Å². The van der Waals surface area contributed by atoms with Crippen LogP contribution in [0.5, 0.6) is 0 Å². The fourth-order valence-corrected chi connectivity index (χ4v) is 10.4. The molecule has 0 N–H and O–H groups in total. The van der Waals surface area contributed by atoms with E-state index < -0.39 is 0 Å². The zero-order valence-corrected chi connectivity index (χ0v) is 31.6. The highest BCUT2D eigenvalue weighted by Gasteiger charge is 2.54. The van der Waals surface area contributed by atoms with Gasteiger partial charge < -0.3 is 9.80 Å². The molecule has 0 radical (unpaired) electrons. The molecule has 0 spiro atoms. The average molecular weight is 699 g/mol. The third-order valence-corrected chi connectivity index (χ3v) is 13.0. The van der Waals surface area contributed by atoms with Crippen molar-refractivity contribution >= 4 is 44.9 Å². The molecular weight excluding hydrogens is 653 g/mol. The highest BCUT2D eigenvalue weighted by Crippen LogP contribution is 2.65. The number of rotatable bonds is 6. The number of hydrogen-bond acceptors (Lipinski definition) is 2. The minimum Gasteiger partial charge on any atom is -0.310 e. The van der Waals surface area contributed by atoms with Crippen LogP contribution in [0.15, 0.2) is 182 Å². The predicted octanol–water partition coefficient (Wildman–Crippen LogP) is 14.2. The van der Waals surface area contributed by atoms with Crippen molar-refractivity contribution in [2.45, 2.75) is 56.8 Å². The van der Waals surface area contributed by atoms with Gasteiger partial charge in [-0.05, 0) is 112 Å². The molecule has 3 unspecified atom stereocenters. The van der Waals surface area contributed by atoms with Crippen molar-refractivity contribution in [2.75, 3.05) is 9.80 Å². The molecule has 0 amide bonds. The molecule has 10 rings (SSSR count). The van der Waals surface area contributed by atoms with Crippen molar-refractivity contribution in [3.8, 4) is 0 Å². The van der Waals surface area contributed by atoms with Crippen LogP contribution in [0.25, 0.3) is 10.8 Å². The maximum absolute atomic E-state index is 2.72. The van der Waals surface area contributed by atoms with E-state index in [1.807, 2.05) is 0 Å². The van der Waals surface area contributed by atoms with Gasteiger partial charge in [-0.3, -0.25) is 0 Å². The Morgan fingerprint density at radius 1 is 0.481 bits per heavy atom. The second-order valence-corrected chi connectivity index (χ2v) is 16.6. The number of benzene rings is 7. The van der Waals surface area contributed by atoms with E-state index in [0.717, 1.165) is 6.42 Å². The van der Waals surface area contributed by atoms with Crippen LogP contribution in [0.3, 0.4) is 0 Å². The van der Waals surface area contributed by atoms with E-state index in [1.54, 1.807) is 5.57 Å². The van der Waals surface area contributed by atoms with Crippen LogP contribution >= 0.6 is 0 Å².